The first-order valence-corrected chi connectivity index (χ1v) is 6.57. The molecule has 2 atom stereocenters. The number of nitrogens with one attached hydrogen (secondary N) is 2. The van der Waals surface area contributed by atoms with E-state index in [2.05, 4.69) is 28.5 Å². The van der Waals surface area contributed by atoms with Gasteiger partial charge in [0.25, 0.3) is 5.91 Å². The summed E-state index contributed by atoms with van der Waals surface area (Å²) in [6, 6.07) is 6.53. The largest absolute Gasteiger partial charge is 0.349 e. The zero-order valence-electron chi connectivity index (χ0n) is 10.9. The van der Waals surface area contributed by atoms with Gasteiger partial charge in [-0.1, -0.05) is 12.1 Å². The van der Waals surface area contributed by atoms with Gasteiger partial charge in [0, 0.05) is 25.6 Å². The first-order valence-electron chi connectivity index (χ1n) is 6.57. The minimum absolute atomic E-state index is 0.0680. The number of aryl methyl sites for hydroxylation is 1. The Bertz CT molecular complexity index is 486. The van der Waals surface area contributed by atoms with Gasteiger partial charge in [0.15, 0.2) is 0 Å². The van der Waals surface area contributed by atoms with Crippen LogP contribution >= 0.6 is 0 Å². The smallest absolute Gasteiger partial charge is 0.255 e. The molecule has 0 radical (unpaired) electrons. The highest BCUT2D eigenvalue weighted by molar-refractivity contribution is 6.03. The van der Waals surface area contributed by atoms with Crippen LogP contribution in [0, 0.1) is 6.92 Å². The van der Waals surface area contributed by atoms with Crippen molar-refractivity contribution in [3.8, 4) is 0 Å². The van der Waals surface area contributed by atoms with Gasteiger partial charge >= 0.3 is 0 Å². The maximum Gasteiger partial charge on any atom is 0.255 e. The van der Waals surface area contributed by atoms with Gasteiger partial charge in [-0.05, 0) is 25.5 Å². The monoisotopic (exact) mass is 245 g/mol. The van der Waals surface area contributed by atoms with Crippen molar-refractivity contribution in [2.45, 2.75) is 32.5 Å². The van der Waals surface area contributed by atoms with Crippen molar-refractivity contribution >= 4 is 11.6 Å². The third-order valence-corrected chi connectivity index (χ3v) is 3.88. The van der Waals surface area contributed by atoms with Gasteiger partial charge in [-0.25, -0.2) is 0 Å². The molecule has 1 amide bonds. The zero-order valence-corrected chi connectivity index (χ0v) is 10.9. The summed E-state index contributed by atoms with van der Waals surface area (Å²) >= 11 is 0. The number of amides is 1. The molecule has 0 aliphatic carbocycles. The number of carbonyl (C=O) groups excluding carboxylic acids is 1. The first kappa shape index (κ1) is 11.5. The summed E-state index contributed by atoms with van der Waals surface area (Å²) in [4.78, 5) is 14.5. The van der Waals surface area contributed by atoms with E-state index in [-0.39, 0.29) is 12.1 Å². The fourth-order valence-corrected chi connectivity index (χ4v) is 2.97. The van der Waals surface area contributed by atoms with E-state index < -0.39 is 0 Å². The molecule has 0 spiro atoms. The maximum absolute atomic E-state index is 12.2. The van der Waals surface area contributed by atoms with Crippen LogP contribution in [0.15, 0.2) is 18.2 Å². The molecule has 4 nitrogen and oxygen atoms in total. The Balaban J connectivity index is 2.05. The number of rotatable bonds is 0. The second kappa shape index (κ2) is 4.28. The number of hydrogen-bond acceptors (Lipinski definition) is 3. The molecule has 1 aromatic carbocycles. The Kier molecular flexibility index (Phi) is 2.74. The lowest BCUT2D eigenvalue weighted by atomic mass is 10.0. The molecule has 0 bridgehead atoms. The highest BCUT2D eigenvalue weighted by Gasteiger charge is 2.33. The molecule has 1 saturated heterocycles. The van der Waals surface area contributed by atoms with Crippen LogP contribution in [0.25, 0.3) is 0 Å². The van der Waals surface area contributed by atoms with Crippen LogP contribution in [0.4, 0.5) is 5.69 Å². The summed E-state index contributed by atoms with van der Waals surface area (Å²) in [5.74, 6) is 0.0680. The third kappa shape index (κ3) is 1.77. The Morgan fingerprint density at radius 2 is 2.22 bits per heavy atom. The molecule has 96 valence electrons. The zero-order chi connectivity index (χ0) is 12.7. The highest BCUT2D eigenvalue weighted by atomic mass is 16.2. The molecule has 2 aliphatic rings. The van der Waals surface area contributed by atoms with E-state index in [0.717, 1.165) is 36.3 Å². The predicted molar refractivity (Wildman–Crippen MR) is 71.9 cm³/mol. The van der Waals surface area contributed by atoms with Crippen molar-refractivity contribution in [1.82, 2.24) is 10.6 Å². The van der Waals surface area contributed by atoms with Crippen LogP contribution < -0.4 is 15.5 Å². The van der Waals surface area contributed by atoms with Gasteiger partial charge in [0.2, 0.25) is 0 Å². The van der Waals surface area contributed by atoms with Crippen molar-refractivity contribution in [3.05, 3.63) is 29.3 Å². The first-order chi connectivity index (χ1) is 8.66. The van der Waals surface area contributed by atoms with Crippen molar-refractivity contribution in [2.75, 3.05) is 18.0 Å². The number of fused-ring (bicyclic) bond motifs is 3. The lowest BCUT2D eigenvalue weighted by Crippen LogP contribution is -2.53. The van der Waals surface area contributed by atoms with Crippen LogP contribution in [0.5, 0.6) is 0 Å². The van der Waals surface area contributed by atoms with Crippen LogP contribution in [0.1, 0.15) is 29.3 Å². The Morgan fingerprint density at radius 3 is 3.06 bits per heavy atom. The van der Waals surface area contributed by atoms with Crippen molar-refractivity contribution in [1.29, 1.82) is 0 Å². The lowest BCUT2D eigenvalue weighted by molar-refractivity contribution is 0.0924. The van der Waals surface area contributed by atoms with E-state index in [0.29, 0.717) is 6.04 Å². The van der Waals surface area contributed by atoms with E-state index in [1.165, 1.54) is 0 Å². The van der Waals surface area contributed by atoms with Gasteiger partial charge in [-0.2, -0.15) is 0 Å². The van der Waals surface area contributed by atoms with E-state index in [4.69, 9.17) is 0 Å². The third-order valence-electron chi connectivity index (χ3n) is 3.88. The van der Waals surface area contributed by atoms with Crippen LogP contribution in [-0.4, -0.2) is 31.2 Å². The predicted octanol–water partition coefficient (Wildman–Crippen LogP) is 1.25. The molecule has 2 heterocycles. The Labute approximate surface area is 107 Å². The molecule has 0 saturated carbocycles. The summed E-state index contributed by atoms with van der Waals surface area (Å²) in [6.07, 6.45) is 1.07. The number of carbonyl (C=O) groups is 1. The number of hydrogen-bond donors (Lipinski definition) is 2. The van der Waals surface area contributed by atoms with Gasteiger partial charge in [-0.3, -0.25) is 4.79 Å². The summed E-state index contributed by atoms with van der Waals surface area (Å²) in [6.45, 7) is 6.06. The van der Waals surface area contributed by atoms with Crippen molar-refractivity contribution in [3.63, 3.8) is 0 Å². The lowest BCUT2D eigenvalue weighted by Gasteiger charge is -2.38. The van der Waals surface area contributed by atoms with E-state index >= 15 is 0 Å². The minimum atomic E-state index is 0.0680. The standard InChI is InChI=1S/C14H19N3O/c1-9-4-3-5-11-13(9)14(18)16-12-8-10(2)15-6-7-17(11)12/h3-5,10,12,15H,6-8H2,1-2H3,(H,16,18)/t10-,12+/m0/s1. The molecular formula is C14H19N3O. The summed E-state index contributed by atoms with van der Waals surface area (Å²) in [7, 11) is 0. The number of anilines is 1. The average Bonchev–Trinajstić information content (AvgIpc) is 2.50. The summed E-state index contributed by atoms with van der Waals surface area (Å²) < 4.78 is 0. The fraction of sp³-hybridized carbons (Fsp3) is 0.500. The van der Waals surface area contributed by atoms with Crippen LogP contribution in [0.3, 0.4) is 0 Å². The van der Waals surface area contributed by atoms with Crippen molar-refractivity contribution < 1.29 is 4.79 Å². The van der Waals surface area contributed by atoms with Gasteiger partial charge in [-0.15, -0.1) is 0 Å². The normalized spacial score (nSPS) is 27.0. The van der Waals surface area contributed by atoms with Crippen LogP contribution in [0.2, 0.25) is 0 Å². The molecule has 2 aliphatic heterocycles. The van der Waals surface area contributed by atoms with E-state index in [1.807, 2.05) is 19.1 Å². The van der Waals surface area contributed by atoms with E-state index in [1.54, 1.807) is 0 Å². The second-order valence-corrected chi connectivity index (χ2v) is 5.24. The van der Waals surface area contributed by atoms with Crippen molar-refractivity contribution in [2.24, 2.45) is 0 Å². The molecule has 0 aromatic heterocycles. The molecule has 0 unspecified atom stereocenters. The second-order valence-electron chi connectivity index (χ2n) is 5.24. The molecule has 3 rings (SSSR count). The molecule has 1 aromatic rings. The minimum Gasteiger partial charge on any atom is -0.349 e. The average molecular weight is 245 g/mol. The van der Waals surface area contributed by atoms with Gasteiger partial charge < -0.3 is 15.5 Å². The topological polar surface area (TPSA) is 44.4 Å². The Morgan fingerprint density at radius 1 is 1.39 bits per heavy atom. The maximum atomic E-state index is 12.2. The highest BCUT2D eigenvalue weighted by Crippen LogP contribution is 2.30. The fourth-order valence-electron chi connectivity index (χ4n) is 2.97. The molecular weight excluding hydrogens is 226 g/mol. The molecule has 1 fully saturated rings. The Hall–Kier alpha value is -1.55. The van der Waals surface area contributed by atoms with Gasteiger partial charge in [0.1, 0.15) is 6.17 Å². The number of nitrogens with zero attached hydrogens (tertiary/aromatic N) is 1. The SMILES string of the molecule is Cc1cccc2c1C(=O)N[C@H]1C[C@H](C)NCCN21. The van der Waals surface area contributed by atoms with E-state index in [9.17, 15) is 4.79 Å². The quantitative estimate of drug-likeness (QED) is 0.723. The van der Waals surface area contributed by atoms with Gasteiger partial charge in [0.05, 0.1) is 11.3 Å². The molecule has 2 N–H and O–H groups in total. The number of benzene rings is 1. The van der Waals surface area contributed by atoms with Crippen LogP contribution in [-0.2, 0) is 0 Å². The molecule has 4 heteroatoms. The molecule has 18 heavy (non-hydrogen) atoms. The summed E-state index contributed by atoms with van der Waals surface area (Å²) in [5, 5.41) is 6.60. The summed E-state index contributed by atoms with van der Waals surface area (Å²) in [5.41, 5.74) is 2.97.